The van der Waals surface area contributed by atoms with Crippen molar-refractivity contribution in [3.8, 4) is 0 Å². The summed E-state index contributed by atoms with van der Waals surface area (Å²) in [4.78, 5) is 15.5. The van der Waals surface area contributed by atoms with Crippen LogP contribution in [0.4, 0.5) is 0 Å². The van der Waals surface area contributed by atoms with Gasteiger partial charge in [0.2, 0.25) is 5.91 Å². The van der Waals surface area contributed by atoms with Crippen LogP contribution in [-0.4, -0.2) is 28.6 Å². The van der Waals surface area contributed by atoms with Crippen LogP contribution in [0.5, 0.6) is 0 Å². The van der Waals surface area contributed by atoms with Crippen LogP contribution in [0.3, 0.4) is 0 Å². The Morgan fingerprint density at radius 2 is 2.39 bits per heavy atom. The molecule has 1 unspecified atom stereocenters. The Balaban J connectivity index is 2.41. The highest BCUT2D eigenvalue weighted by Gasteiger charge is 2.03. The number of aliphatic hydroxyl groups is 1. The van der Waals surface area contributed by atoms with Crippen LogP contribution in [0.25, 0.3) is 6.08 Å². The van der Waals surface area contributed by atoms with Crippen LogP contribution >= 0.6 is 11.6 Å². The average molecular weight is 269 g/mol. The molecule has 0 fully saturated rings. The molecule has 1 rings (SSSR count). The topological polar surface area (TPSA) is 62.2 Å². The van der Waals surface area contributed by atoms with E-state index in [1.165, 1.54) is 6.08 Å². The van der Waals surface area contributed by atoms with Gasteiger partial charge in [-0.05, 0) is 37.5 Å². The third-order valence-electron chi connectivity index (χ3n) is 2.36. The molecule has 4 nitrogen and oxygen atoms in total. The lowest BCUT2D eigenvalue weighted by atomic mass is 10.2. The summed E-state index contributed by atoms with van der Waals surface area (Å²) in [5.41, 5.74) is 0.817. The minimum atomic E-state index is -0.157. The van der Waals surface area contributed by atoms with Crippen molar-refractivity contribution in [3.63, 3.8) is 0 Å². The SMILES string of the molecule is CC(CCCO)NC(=O)/C=C/c1ccc(Cl)nc1. The van der Waals surface area contributed by atoms with Gasteiger partial charge < -0.3 is 10.4 Å². The van der Waals surface area contributed by atoms with Crippen molar-refractivity contribution in [2.24, 2.45) is 0 Å². The first-order valence-electron chi connectivity index (χ1n) is 5.83. The van der Waals surface area contributed by atoms with Crippen LogP contribution in [0.15, 0.2) is 24.4 Å². The van der Waals surface area contributed by atoms with Crippen LogP contribution in [0.1, 0.15) is 25.3 Å². The van der Waals surface area contributed by atoms with Crippen LogP contribution < -0.4 is 5.32 Å². The maximum Gasteiger partial charge on any atom is 0.244 e. The zero-order valence-corrected chi connectivity index (χ0v) is 11.0. The van der Waals surface area contributed by atoms with E-state index in [0.717, 1.165) is 12.0 Å². The van der Waals surface area contributed by atoms with Gasteiger partial charge in [-0.15, -0.1) is 0 Å². The number of aliphatic hydroxyl groups excluding tert-OH is 1. The summed E-state index contributed by atoms with van der Waals surface area (Å²) in [6.45, 7) is 2.05. The Kier molecular flexibility index (Phi) is 6.39. The lowest BCUT2D eigenvalue weighted by Gasteiger charge is -2.10. The maximum atomic E-state index is 11.5. The second-order valence-electron chi connectivity index (χ2n) is 4.02. The Hall–Kier alpha value is -1.39. The summed E-state index contributed by atoms with van der Waals surface area (Å²) in [6.07, 6.45) is 6.18. The predicted molar refractivity (Wildman–Crippen MR) is 72.2 cm³/mol. The van der Waals surface area contributed by atoms with Gasteiger partial charge in [0.25, 0.3) is 0 Å². The van der Waals surface area contributed by atoms with Gasteiger partial charge in [0.1, 0.15) is 5.15 Å². The summed E-state index contributed by atoms with van der Waals surface area (Å²) >= 11 is 5.66. The standard InChI is InChI=1S/C13H17ClN2O2/c1-10(3-2-8-17)16-13(18)7-5-11-4-6-12(14)15-9-11/h4-7,9-10,17H,2-3,8H2,1H3,(H,16,18)/b7-5+. The summed E-state index contributed by atoms with van der Waals surface area (Å²) in [6, 6.07) is 3.51. The fourth-order valence-electron chi connectivity index (χ4n) is 1.42. The number of hydrogen-bond acceptors (Lipinski definition) is 3. The minimum absolute atomic E-state index is 0.0534. The third kappa shape index (κ3) is 5.80. The summed E-state index contributed by atoms with van der Waals surface area (Å²) < 4.78 is 0. The van der Waals surface area contributed by atoms with E-state index in [-0.39, 0.29) is 18.6 Å². The fourth-order valence-corrected chi connectivity index (χ4v) is 1.53. The van der Waals surface area contributed by atoms with E-state index in [4.69, 9.17) is 16.7 Å². The maximum absolute atomic E-state index is 11.5. The summed E-state index contributed by atoms with van der Waals surface area (Å²) in [7, 11) is 0. The van der Waals surface area contributed by atoms with E-state index < -0.39 is 0 Å². The second kappa shape index (κ2) is 7.84. The van der Waals surface area contributed by atoms with Crippen molar-refractivity contribution < 1.29 is 9.90 Å². The van der Waals surface area contributed by atoms with Crippen molar-refractivity contribution >= 4 is 23.6 Å². The lowest BCUT2D eigenvalue weighted by Crippen LogP contribution is -2.31. The van der Waals surface area contributed by atoms with Crippen molar-refractivity contribution in [2.45, 2.75) is 25.8 Å². The molecule has 0 saturated heterocycles. The molecule has 18 heavy (non-hydrogen) atoms. The number of nitrogens with zero attached hydrogens (tertiary/aromatic N) is 1. The molecule has 0 aliphatic carbocycles. The molecule has 0 aliphatic rings. The Morgan fingerprint density at radius 3 is 3.00 bits per heavy atom. The second-order valence-corrected chi connectivity index (χ2v) is 4.41. The summed E-state index contributed by atoms with van der Waals surface area (Å²) in [5, 5.41) is 11.9. The molecule has 0 spiro atoms. The van der Waals surface area contributed by atoms with Gasteiger partial charge in [0, 0.05) is 24.9 Å². The molecule has 0 radical (unpaired) electrons. The first-order chi connectivity index (χ1) is 8.61. The molecule has 1 heterocycles. The quantitative estimate of drug-likeness (QED) is 0.613. The van der Waals surface area contributed by atoms with Gasteiger partial charge in [-0.1, -0.05) is 17.7 Å². The van der Waals surface area contributed by atoms with Crippen LogP contribution in [0.2, 0.25) is 5.15 Å². The summed E-state index contributed by atoms with van der Waals surface area (Å²) in [5.74, 6) is -0.157. The Bertz CT molecular complexity index is 404. The predicted octanol–water partition coefficient (Wildman–Crippen LogP) is 2.03. The number of nitrogens with one attached hydrogen (secondary N) is 1. The molecule has 1 atom stereocenters. The van der Waals surface area contributed by atoms with Gasteiger partial charge in [0.05, 0.1) is 0 Å². The molecule has 0 aromatic carbocycles. The lowest BCUT2D eigenvalue weighted by molar-refractivity contribution is -0.117. The number of carbonyl (C=O) groups excluding carboxylic acids is 1. The van der Waals surface area contributed by atoms with E-state index >= 15 is 0 Å². The smallest absolute Gasteiger partial charge is 0.244 e. The third-order valence-corrected chi connectivity index (χ3v) is 2.58. The number of aromatic nitrogens is 1. The van der Waals surface area contributed by atoms with Gasteiger partial charge in [-0.3, -0.25) is 4.79 Å². The highest BCUT2D eigenvalue weighted by Crippen LogP contribution is 2.06. The van der Waals surface area contributed by atoms with Crippen LogP contribution in [-0.2, 0) is 4.79 Å². The molecular weight excluding hydrogens is 252 g/mol. The van der Waals surface area contributed by atoms with E-state index in [1.54, 1.807) is 24.4 Å². The molecule has 2 N–H and O–H groups in total. The molecule has 0 bridgehead atoms. The Morgan fingerprint density at radius 1 is 1.61 bits per heavy atom. The van der Waals surface area contributed by atoms with E-state index in [2.05, 4.69) is 10.3 Å². The van der Waals surface area contributed by atoms with Gasteiger partial charge >= 0.3 is 0 Å². The van der Waals surface area contributed by atoms with Gasteiger partial charge in [-0.2, -0.15) is 0 Å². The van der Waals surface area contributed by atoms with Crippen molar-refractivity contribution in [1.29, 1.82) is 0 Å². The molecule has 5 heteroatoms. The highest BCUT2D eigenvalue weighted by atomic mass is 35.5. The van der Waals surface area contributed by atoms with Crippen molar-refractivity contribution in [1.82, 2.24) is 10.3 Å². The minimum Gasteiger partial charge on any atom is -0.396 e. The normalized spacial score (nSPS) is 12.6. The largest absolute Gasteiger partial charge is 0.396 e. The van der Waals surface area contributed by atoms with E-state index in [0.29, 0.717) is 11.6 Å². The average Bonchev–Trinajstić information content (AvgIpc) is 2.35. The zero-order chi connectivity index (χ0) is 13.4. The van der Waals surface area contributed by atoms with E-state index in [9.17, 15) is 4.79 Å². The highest BCUT2D eigenvalue weighted by molar-refractivity contribution is 6.29. The number of hydrogen-bond donors (Lipinski definition) is 2. The van der Waals surface area contributed by atoms with Crippen LogP contribution in [0, 0.1) is 0 Å². The molecular formula is C13H17ClN2O2. The first-order valence-corrected chi connectivity index (χ1v) is 6.20. The fraction of sp³-hybridized carbons (Fsp3) is 0.385. The van der Waals surface area contributed by atoms with E-state index in [1.807, 2.05) is 6.92 Å². The molecule has 0 aliphatic heterocycles. The van der Waals surface area contributed by atoms with Gasteiger partial charge in [0.15, 0.2) is 0 Å². The molecule has 0 saturated carbocycles. The number of rotatable bonds is 6. The zero-order valence-electron chi connectivity index (χ0n) is 10.3. The number of pyridine rings is 1. The molecule has 1 aromatic rings. The molecule has 1 amide bonds. The number of carbonyl (C=O) groups is 1. The molecule has 98 valence electrons. The molecule has 1 aromatic heterocycles. The Labute approximate surface area is 112 Å². The monoisotopic (exact) mass is 268 g/mol. The number of halogens is 1. The van der Waals surface area contributed by atoms with Crippen molar-refractivity contribution in [2.75, 3.05) is 6.61 Å². The van der Waals surface area contributed by atoms with Crippen molar-refractivity contribution in [3.05, 3.63) is 35.1 Å². The number of amides is 1. The first kappa shape index (κ1) is 14.7. The van der Waals surface area contributed by atoms with Gasteiger partial charge in [-0.25, -0.2) is 4.98 Å².